The number of anilines is 1. The van der Waals surface area contributed by atoms with Crippen LogP contribution in [0.2, 0.25) is 0 Å². The van der Waals surface area contributed by atoms with E-state index in [1.807, 2.05) is 24.3 Å². The molecule has 1 aliphatic heterocycles. The highest BCUT2D eigenvalue weighted by Crippen LogP contribution is 2.24. The van der Waals surface area contributed by atoms with Gasteiger partial charge in [0.2, 0.25) is 5.91 Å². The number of hydrogen-bond acceptors (Lipinski definition) is 3. The predicted octanol–water partition coefficient (Wildman–Crippen LogP) is 2.25. The SMILES string of the molecule is O=C(COc1ccc(N2CCCC2=O)cc1)NC1CCCC1. The average Bonchev–Trinajstić information content (AvgIpc) is 3.17. The van der Waals surface area contributed by atoms with Crippen LogP contribution in [0.15, 0.2) is 24.3 Å². The Labute approximate surface area is 130 Å². The fourth-order valence-electron chi connectivity index (χ4n) is 3.13. The van der Waals surface area contributed by atoms with E-state index in [1.54, 1.807) is 4.90 Å². The Hall–Kier alpha value is -2.04. The van der Waals surface area contributed by atoms with Crippen molar-refractivity contribution < 1.29 is 14.3 Å². The molecule has 118 valence electrons. The average molecular weight is 302 g/mol. The van der Waals surface area contributed by atoms with Crippen LogP contribution in [-0.4, -0.2) is 31.0 Å². The summed E-state index contributed by atoms with van der Waals surface area (Å²) in [7, 11) is 0. The highest BCUT2D eigenvalue weighted by molar-refractivity contribution is 5.95. The van der Waals surface area contributed by atoms with Crippen molar-refractivity contribution in [3.8, 4) is 5.75 Å². The molecule has 1 N–H and O–H groups in total. The summed E-state index contributed by atoms with van der Waals surface area (Å²) in [5, 5.41) is 2.99. The van der Waals surface area contributed by atoms with E-state index in [-0.39, 0.29) is 18.4 Å². The van der Waals surface area contributed by atoms with E-state index in [1.165, 1.54) is 12.8 Å². The summed E-state index contributed by atoms with van der Waals surface area (Å²) < 4.78 is 5.51. The Morgan fingerprint density at radius 3 is 2.55 bits per heavy atom. The molecule has 0 atom stereocenters. The maximum absolute atomic E-state index is 11.8. The smallest absolute Gasteiger partial charge is 0.258 e. The molecule has 3 rings (SSSR count). The summed E-state index contributed by atoms with van der Waals surface area (Å²) in [6.07, 6.45) is 6.08. The molecule has 0 radical (unpaired) electrons. The lowest BCUT2D eigenvalue weighted by Gasteiger charge is -2.16. The second-order valence-corrected chi connectivity index (χ2v) is 5.98. The van der Waals surface area contributed by atoms with Gasteiger partial charge in [-0.1, -0.05) is 12.8 Å². The second-order valence-electron chi connectivity index (χ2n) is 5.98. The van der Waals surface area contributed by atoms with Crippen molar-refractivity contribution in [2.45, 2.75) is 44.6 Å². The first-order valence-electron chi connectivity index (χ1n) is 8.05. The Balaban J connectivity index is 1.48. The Morgan fingerprint density at radius 2 is 1.91 bits per heavy atom. The first-order chi connectivity index (χ1) is 10.7. The zero-order valence-electron chi connectivity index (χ0n) is 12.7. The van der Waals surface area contributed by atoms with Gasteiger partial charge in [0, 0.05) is 24.7 Å². The molecule has 1 heterocycles. The van der Waals surface area contributed by atoms with Crippen molar-refractivity contribution in [2.24, 2.45) is 0 Å². The topological polar surface area (TPSA) is 58.6 Å². The number of rotatable bonds is 5. The first kappa shape index (κ1) is 14.9. The minimum atomic E-state index is -0.0642. The molecular formula is C17H22N2O3. The fourth-order valence-corrected chi connectivity index (χ4v) is 3.13. The normalized spacial score (nSPS) is 18.7. The van der Waals surface area contributed by atoms with Gasteiger partial charge in [-0.05, 0) is 43.5 Å². The van der Waals surface area contributed by atoms with Gasteiger partial charge in [0.1, 0.15) is 5.75 Å². The van der Waals surface area contributed by atoms with Crippen LogP contribution in [0.3, 0.4) is 0 Å². The number of carbonyl (C=O) groups is 2. The van der Waals surface area contributed by atoms with Crippen molar-refractivity contribution in [2.75, 3.05) is 18.1 Å². The lowest BCUT2D eigenvalue weighted by atomic mass is 10.2. The Kier molecular flexibility index (Phi) is 4.61. The molecule has 5 heteroatoms. The molecule has 5 nitrogen and oxygen atoms in total. The third-order valence-electron chi connectivity index (χ3n) is 4.31. The van der Waals surface area contributed by atoms with Gasteiger partial charge in [-0.15, -0.1) is 0 Å². The van der Waals surface area contributed by atoms with Crippen molar-refractivity contribution in [3.05, 3.63) is 24.3 Å². The molecule has 0 spiro atoms. The van der Waals surface area contributed by atoms with E-state index in [2.05, 4.69) is 5.32 Å². The Bertz CT molecular complexity index is 535. The molecular weight excluding hydrogens is 280 g/mol. The van der Waals surface area contributed by atoms with Gasteiger partial charge in [-0.2, -0.15) is 0 Å². The number of amides is 2. The molecule has 2 amide bonds. The summed E-state index contributed by atoms with van der Waals surface area (Å²) >= 11 is 0. The summed E-state index contributed by atoms with van der Waals surface area (Å²) in [5.74, 6) is 0.757. The maximum atomic E-state index is 11.8. The monoisotopic (exact) mass is 302 g/mol. The van der Waals surface area contributed by atoms with Crippen LogP contribution in [0.5, 0.6) is 5.75 Å². The van der Waals surface area contributed by atoms with E-state index < -0.39 is 0 Å². The minimum absolute atomic E-state index is 0.0402. The lowest BCUT2D eigenvalue weighted by molar-refractivity contribution is -0.123. The largest absolute Gasteiger partial charge is 0.484 e. The van der Waals surface area contributed by atoms with Crippen LogP contribution in [-0.2, 0) is 9.59 Å². The molecule has 0 bridgehead atoms. The molecule has 0 unspecified atom stereocenters. The van der Waals surface area contributed by atoms with Crippen molar-refractivity contribution in [1.29, 1.82) is 0 Å². The number of nitrogens with one attached hydrogen (secondary N) is 1. The van der Waals surface area contributed by atoms with Crippen LogP contribution in [0, 0.1) is 0 Å². The van der Waals surface area contributed by atoms with Crippen LogP contribution in [0.25, 0.3) is 0 Å². The number of benzene rings is 1. The zero-order valence-corrected chi connectivity index (χ0v) is 12.7. The van der Waals surface area contributed by atoms with Gasteiger partial charge in [-0.3, -0.25) is 9.59 Å². The maximum Gasteiger partial charge on any atom is 0.258 e. The third kappa shape index (κ3) is 3.59. The lowest BCUT2D eigenvalue weighted by Crippen LogP contribution is -2.36. The highest BCUT2D eigenvalue weighted by atomic mass is 16.5. The molecule has 1 saturated heterocycles. The molecule has 2 aliphatic rings. The molecule has 1 saturated carbocycles. The van der Waals surface area contributed by atoms with Gasteiger partial charge in [0.05, 0.1) is 0 Å². The summed E-state index contributed by atoms with van der Waals surface area (Å²) in [6, 6.07) is 7.67. The van der Waals surface area contributed by atoms with Crippen LogP contribution < -0.4 is 15.0 Å². The molecule has 22 heavy (non-hydrogen) atoms. The van der Waals surface area contributed by atoms with Crippen LogP contribution >= 0.6 is 0 Å². The highest BCUT2D eigenvalue weighted by Gasteiger charge is 2.21. The third-order valence-corrected chi connectivity index (χ3v) is 4.31. The number of ether oxygens (including phenoxy) is 1. The van der Waals surface area contributed by atoms with E-state index in [0.29, 0.717) is 18.2 Å². The fraction of sp³-hybridized carbons (Fsp3) is 0.529. The Morgan fingerprint density at radius 1 is 1.18 bits per heavy atom. The van der Waals surface area contributed by atoms with E-state index in [9.17, 15) is 9.59 Å². The number of nitrogens with zero attached hydrogens (tertiary/aromatic N) is 1. The second kappa shape index (κ2) is 6.81. The molecule has 2 fully saturated rings. The molecule has 1 aromatic rings. The first-order valence-corrected chi connectivity index (χ1v) is 8.05. The standard InChI is InChI=1S/C17H22N2O3/c20-16(18-13-4-1-2-5-13)12-22-15-9-7-14(8-10-15)19-11-3-6-17(19)21/h7-10,13H,1-6,11-12H2,(H,18,20). The van der Waals surface area contributed by atoms with Gasteiger partial charge in [0.25, 0.3) is 5.91 Å². The summed E-state index contributed by atoms with van der Waals surface area (Å²) in [5.41, 5.74) is 0.894. The van der Waals surface area contributed by atoms with Gasteiger partial charge >= 0.3 is 0 Å². The quantitative estimate of drug-likeness (QED) is 0.907. The van der Waals surface area contributed by atoms with Crippen LogP contribution in [0.1, 0.15) is 38.5 Å². The summed E-state index contributed by atoms with van der Waals surface area (Å²) in [6.45, 7) is 0.821. The van der Waals surface area contributed by atoms with E-state index in [0.717, 1.165) is 31.5 Å². The van der Waals surface area contributed by atoms with Gasteiger partial charge in [-0.25, -0.2) is 0 Å². The summed E-state index contributed by atoms with van der Waals surface area (Å²) in [4.78, 5) is 25.3. The van der Waals surface area contributed by atoms with E-state index >= 15 is 0 Å². The zero-order chi connectivity index (χ0) is 15.4. The predicted molar refractivity (Wildman–Crippen MR) is 83.9 cm³/mol. The minimum Gasteiger partial charge on any atom is -0.484 e. The van der Waals surface area contributed by atoms with Crippen molar-refractivity contribution in [1.82, 2.24) is 5.32 Å². The van der Waals surface area contributed by atoms with E-state index in [4.69, 9.17) is 4.74 Å². The molecule has 1 aliphatic carbocycles. The molecule has 1 aromatic carbocycles. The van der Waals surface area contributed by atoms with Crippen LogP contribution in [0.4, 0.5) is 5.69 Å². The molecule has 0 aromatic heterocycles. The number of carbonyl (C=O) groups excluding carboxylic acids is 2. The van der Waals surface area contributed by atoms with Crippen molar-refractivity contribution >= 4 is 17.5 Å². The number of hydrogen-bond donors (Lipinski definition) is 1. The van der Waals surface area contributed by atoms with Gasteiger partial charge < -0.3 is 15.0 Å². The van der Waals surface area contributed by atoms with Gasteiger partial charge in [0.15, 0.2) is 6.61 Å². The van der Waals surface area contributed by atoms with Crippen molar-refractivity contribution in [3.63, 3.8) is 0 Å².